The standard InChI is InChI=1S/C15H18N2O/c18-11-14-7-4-8-15-16-13(10-17(14)15)9-12-5-2-1-3-6-12/h1-3,5-6,10,14,18H,4,7-9,11H2. The van der Waals surface area contributed by atoms with Gasteiger partial charge in [0.05, 0.1) is 18.3 Å². The van der Waals surface area contributed by atoms with E-state index in [2.05, 4.69) is 35.0 Å². The second-order valence-electron chi connectivity index (χ2n) is 4.95. The number of nitrogens with zero attached hydrogens (tertiary/aromatic N) is 2. The monoisotopic (exact) mass is 242 g/mol. The molecule has 0 saturated carbocycles. The number of aliphatic hydroxyl groups excluding tert-OH is 1. The quantitative estimate of drug-likeness (QED) is 0.897. The molecule has 2 aromatic rings. The lowest BCUT2D eigenvalue weighted by molar-refractivity contribution is 0.206. The summed E-state index contributed by atoms with van der Waals surface area (Å²) in [5.74, 6) is 1.13. The molecule has 0 fully saturated rings. The molecule has 2 heterocycles. The Balaban J connectivity index is 1.84. The molecule has 0 amide bonds. The molecule has 1 aliphatic heterocycles. The van der Waals surface area contributed by atoms with Crippen molar-refractivity contribution in [3.8, 4) is 0 Å². The molecule has 1 aromatic heterocycles. The lowest BCUT2D eigenvalue weighted by Gasteiger charge is -2.22. The summed E-state index contributed by atoms with van der Waals surface area (Å²) in [7, 11) is 0. The number of benzene rings is 1. The smallest absolute Gasteiger partial charge is 0.109 e. The average molecular weight is 242 g/mol. The number of fused-ring (bicyclic) bond motifs is 1. The van der Waals surface area contributed by atoms with E-state index >= 15 is 0 Å². The summed E-state index contributed by atoms with van der Waals surface area (Å²) in [5, 5.41) is 9.39. The van der Waals surface area contributed by atoms with E-state index in [0.29, 0.717) is 0 Å². The molecule has 1 unspecified atom stereocenters. The molecular weight excluding hydrogens is 224 g/mol. The average Bonchev–Trinajstić information content (AvgIpc) is 2.82. The van der Waals surface area contributed by atoms with Crippen LogP contribution in [0.4, 0.5) is 0 Å². The lowest BCUT2D eigenvalue weighted by Crippen LogP contribution is -2.20. The Morgan fingerprint density at radius 1 is 1.28 bits per heavy atom. The SMILES string of the molecule is OCC1CCCc2nc(Cc3ccccc3)cn21. The number of aliphatic hydroxyl groups is 1. The van der Waals surface area contributed by atoms with Crippen molar-refractivity contribution in [2.45, 2.75) is 31.7 Å². The normalized spacial score (nSPS) is 18.6. The van der Waals surface area contributed by atoms with Crippen molar-refractivity contribution in [2.75, 3.05) is 6.61 Å². The first-order chi connectivity index (χ1) is 8.86. The number of hydrogen-bond acceptors (Lipinski definition) is 2. The Bertz CT molecular complexity index is 519. The van der Waals surface area contributed by atoms with E-state index in [-0.39, 0.29) is 12.6 Å². The van der Waals surface area contributed by atoms with Crippen LogP contribution in [0.3, 0.4) is 0 Å². The third-order valence-corrected chi connectivity index (χ3v) is 3.63. The molecule has 0 bridgehead atoms. The Hall–Kier alpha value is -1.61. The van der Waals surface area contributed by atoms with Crippen LogP contribution in [0.1, 0.15) is 36.0 Å². The molecule has 1 aromatic carbocycles. The van der Waals surface area contributed by atoms with Crippen LogP contribution >= 0.6 is 0 Å². The molecule has 3 heteroatoms. The minimum atomic E-state index is 0.216. The lowest BCUT2D eigenvalue weighted by atomic mass is 10.1. The fraction of sp³-hybridized carbons (Fsp3) is 0.400. The van der Waals surface area contributed by atoms with Crippen LogP contribution < -0.4 is 0 Å². The highest BCUT2D eigenvalue weighted by molar-refractivity contribution is 5.22. The van der Waals surface area contributed by atoms with Gasteiger partial charge in [0, 0.05) is 19.0 Å². The molecule has 0 spiro atoms. The molecule has 18 heavy (non-hydrogen) atoms. The third-order valence-electron chi connectivity index (χ3n) is 3.63. The van der Waals surface area contributed by atoms with E-state index in [1.165, 1.54) is 5.56 Å². The molecule has 1 atom stereocenters. The zero-order valence-corrected chi connectivity index (χ0v) is 10.4. The van der Waals surface area contributed by atoms with Gasteiger partial charge >= 0.3 is 0 Å². The van der Waals surface area contributed by atoms with Crippen LogP contribution in [-0.2, 0) is 12.8 Å². The number of aryl methyl sites for hydroxylation is 1. The van der Waals surface area contributed by atoms with Gasteiger partial charge in [0.25, 0.3) is 0 Å². The third kappa shape index (κ3) is 2.18. The summed E-state index contributed by atoms with van der Waals surface area (Å²) in [5.41, 5.74) is 2.39. The zero-order chi connectivity index (χ0) is 12.4. The Morgan fingerprint density at radius 2 is 2.11 bits per heavy atom. The van der Waals surface area contributed by atoms with E-state index in [4.69, 9.17) is 4.98 Å². The summed E-state index contributed by atoms with van der Waals surface area (Å²) in [4.78, 5) is 4.70. The predicted molar refractivity (Wildman–Crippen MR) is 70.5 cm³/mol. The first-order valence-corrected chi connectivity index (χ1v) is 6.58. The van der Waals surface area contributed by atoms with Crippen molar-refractivity contribution in [3.05, 3.63) is 53.6 Å². The Morgan fingerprint density at radius 3 is 2.89 bits per heavy atom. The van der Waals surface area contributed by atoms with Gasteiger partial charge in [-0.2, -0.15) is 0 Å². The van der Waals surface area contributed by atoms with Crippen molar-refractivity contribution >= 4 is 0 Å². The van der Waals surface area contributed by atoms with Gasteiger partial charge in [-0.3, -0.25) is 0 Å². The molecule has 3 nitrogen and oxygen atoms in total. The Kier molecular flexibility index (Phi) is 3.15. The topological polar surface area (TPSA) is 38.1 Å². The van der Waals surface area contributed by atoms with Gasteiger partial charge < -0.3 is 9.67 Å². The Labute approximate surface area is 107 Å². The largest absolute Gasteiger partial charge is 0.394 e. The van der Waals surface area contributed by atoms with Crippen molar-refractivity contribution in [1.29, 1.82) is 0 Å². The van der Waals surface area contributed by atoms with Crippen LogP contribution in [-0.4, -0.2) is 21.3 Å². The molecule has 0 radical (unpaired) electrons. The van der Waals surface area contributed by atoms with Gasteiger partial charge in [0.15, 0.2) is 0 Å². The summed E-state index contributed by atoms with van der Waals surface area (Å²) in [6.45, 7) is 0.216. The van der Waals surface area contributed by atoms with Crippen molar-refractivity contribution in [3.63, 3.8) is 0 Å². The number of hydrogen-bond donors (Lipinski definition) is 1. The highest BCUT2D eigenvalue weighted by atomic mass is 16.3. The fourth-order valence-electron chi connectivity index (χ4n) is 2.69. The maximum absolute atomic E-state index is 9.39. The van der Waals surface area contributed by atoms with E-state index in [9.17, 15) is 5.11 Å². The van der Waals surface area contributed by atoms with Crippen LogP contribution in [0, 0.1) is 0 Å². The number of aromatic nitrogens is 2. The van der Waals surface area contributed by atoms with E-state index < -0.39 is 0 Å². The minimum Gasteiger partial charge on any atom is -0.394 e. The first kappa shape index (κ1) is 11.5. The van der Waals surface area contributed by atoms with Crippen LogP contribution in [0.15, 0.2) is 36.5 Å². The molecule has 3 rings (SSSR count). The highest BCUT2D eigenvalue weighted by Gasteiger charge is 2.20. The molecular formula is C15H18N2O. The van der Waals surface area contributed by atoms with Crippen molar-refractivity contribution in [2.24, 2.45) is 0 Å². The molecule has 0 saturated heterocycles. The number of rotatable bonds is 3. The van der Waals surface area contributed by atoms with E-state index in [1.807, 2.05) is 6.07 Å². The molecule has 1 N–H and O–H groups in total. The van der Waals surface area contributed by atoms with E-state index in [0.717, 1.165) is 37.2 Å². The highest BCUT2D eigenvalue weighted by Crippen LogP contribution is 2.25. The first-order valence-electron chi connectivity index (χ1n) is 6.58. The molecule has 0 aliphatic carbocycles. The van der Waals surface area contributed by atoms with Crippen LogP contribution in [0.5, 0.6) is 0 Å². The van der Waals surface area contributed by atoms with Gasteiger partial charge in [-0.1, -0.05) is 30.3 Å². The van der Waals surface area contributed by atoms with Gasteiger partial charge in [0.1, 0.15) is 5.82 Å². The molecule has 1 aliphatic rings. The molecule has 94 valence electrons. The maximum atomic E-state index is 9.39. The van der Waals surface area contributed by atoms with Crippen LogP contribution in [0.25, 0.3) is 0 Å². The number of imidazole rings is 1. The maximum Gasteiger partial charge on any atom is 0.109 e. The van der Waals surface area contributed by atoms with Gasteiger partial charge in [0.2, 0.25) is 0 Å². The summed E-state index contributed by atoms with van der Waals surface area (Å²) in [6, 6.07) is 10.6. The summed E-state index contributed by atoms with van der Waals surface area (Å²) in [6.07, 6.45) is 6.21. The van der Waals surface area contributed by atoms with Gasteiger partial charge in [-0.25, -0.2) is 4.98 Å². The van der Waals surface area contributed by atoms with Crippen molar-refractivity contribution < 1.29 is 5.11 Å². The van der Waals surface area contributed by atoms with Crippen LogP contribution in [0.2, 0.25) is 0 Å². The second-order valence-corrected chi connectivity index (χ2v) is 4.95. The summed E-state index contributed by atoms with van der Waals surface area (Å²) < 4.78 is 2.17. The zero-order valence-electron chi connectivity index (χ0n) is 10.4. The fourth-order valence-corrected chi connectivity index (χ4v) is 2.69. The van der Waals surface area contributed by atoms with Gasteiger partial charge in [-0.05, 0) is 18.4 Å². The van der Waals surface area contributed by atoms with Crippen molar-refractivity contribution in [1.82, 2.24) is 9.55 Å². The second kappa shape index (κ2) is 4.94. The van der Waals surface area contributed by atoms with Gasteiger partial charge in [-0.15, -0.1) is 0 Å². The summed E-state index contributed by atoms with van der Waals surface area (Å²) >= 11 is 0. The minimum absolute atomic E-state index is 0.216. The predicted octanol–water partition coefficient (Wildman–Crippen LogP) is 2.34. The van der Waals surface area contributed by atoms with E-state index in [1.54, 1.807) is 0 Å².